The number of hydrogen-bond donors (Lipinski definition) is 2. The highest BCUT2D eigenvalue weighted by atomic mass is 16.5. The number of hydrogen-bond acceptors (Lipinski definition) is 3. The highest BCUT2D eigenvalue weighted by molar-refractivity contribution is 5.78. The molecule has 4 heteroatoms. The predicted molar refractivity (Wildman–Crippen MR) is 66.0 cm³/mol. The van der Waals surface area contributed by atoms with Crippen molar-refractivity contribution < 1.29 is 9.53 Å². The third-order valence-electron chi connectivity index (χ3n) is 3.34. The van der Waals surface area contributed by atoms with Crippen LogP contribution in [0.15, 0.2) is 24.3 Å². The van der Waals surface area contributed by atoms with Crippen LogP contribution in [0.3, 0.4) is 0 Å². The molecule has 2 rings (SSSR count). The second kappa shape index (κ2) is 4.75. The summed E-state index contributed by atoms with van der Waals surface area (Å²) in [5.74, 6) is 0.790. The fourth-order valence-corrected chi connectivity index (χ4v) is 2.11. The van der Waals surface area contributed by atoms with Crippen molar-refractivity contribution in [2.24, 2.45) is 5.73 Å². The Morgan fingerprint density at radius 1 is 1.47 bits per heavy atom. The highest BCUT2D eigenvalue weighted by Crippen LogP contribution is 2.50. The van der Waals surface area contributed by atoms with E-state index >= 15 is 0 Å². The van der Waals surface area contributed by atoms with E-state index in [9.17, 15) is 4.79 Å². The van der Waals surface area contributed by atoms with Gasteiger partial charge in [0, 0.05) is 17.5 Å². The number of para-hydroxylation sites is 1. The Hall–Kier alpha value is -1.55. The molecule has 0 atom stereocenters. The Bertz CT molecular complexity index is 414. The molecular weight excluding hydrogens is 216 g/mol. The molecule has 1 fully saturated rings. The Kier molecular flexibility index (Phi) is 3.33. The van der Waals surface area contributed by atoms with Crippen molar-refractivity contribution in [2.45, 2.75) is 18.3 Å². The van der Waals surface area contributed by atoms with Crippen molar-refractivity contribution in [3.63, 3.8) is 0 Å². The van der Waals surface area contributed by atoms with Gasteiger partial charge in [0.1, 0.15) is 5.75 Å². The van der Waals surface area contributed by atoms with Crippen LogP contribution in [0, 0.1) is 0 Å². The first kappa shape index (κ1) is 11.9. The van der Waals surface area contributed by atoms with Gasteiger partial charge >= 0.3 is 0 Å². The molecule has 1 aliphatic carbocycles. The van der Waals surface area contributed by atoms with Crippen molar-refractivity contribution in [1.82, 2.24) is 5.32 Å². The molecule has 0 radical (unpaired) electrons. The number of nitrogens with two attached hydrogens (primary N) is 1. The third-order valence-corrected chi connectivity index (χ3v) is 3.34. The summed E-state index contributed by atoms with van der Waals surface area (Å²) in [5, 5.41) is 2.87. The van der Waals surface area contributed by atoms with Crippen molar-refractivity contribution in [3.05, 3.63) is 29.8 Å². The number of benzene rings is 1. The monoisotopic (exact) mass is 234 g/mol. The van der Waals surface area contributed by atoms with Crippen molar-refractivity contribution in [2.75, 3.05) is 20.2 Å². The maximum atomic E-state index is 11.2. The standard InChI is InChI=1S/C13H18N2O2/c1-17-11-5-3-2-4-10(11)13(6-7-13)9-15-12(16)8-14/h2-5H,6-9,14H2,1H3,(H,15,16). The average molecular weight is 234 g/mol. The van der Waals surface area contributed by atoms with Gasteiger partial charge in [-0.25, -0.2) is 0 Å². The number of carbonyl (C=O) groups excluding carboxylic acids is 1. The predicted octanol–water partition coefficient (Wildman–Crippen LogP) is 0.802. The van der Waals surface area contributed by atoms with Crippen LogP contribution in [-0.4, -0.2) is 26.1 Å². The fourth-order valence-electron chi connectivity index (χ4n) is 2.11. The minimum Gasteiger partial charge on any atom is -0.496 e. The van der Waals surface area contributed by atoms with E-state index in [1.165, 1.54) is 5.56 Å². The molecule has 0 heterocycles. The maximum absolute atomic E-state index is 11.2. The Labute approximate surface area is 101 Å². The average Bonchev–Trinajstić information content (AvgIpc) is 3.17. The zero-order valence-corrected chi connectivity index (χ0v) is 10.0. The highest BCUT2D eigenvalue weighted by Gasteiger charge is 2.46. The lowest BCUT2D eigenvalue weighted by molar-refractivity contribution is -0.119. The Morgan fingerprint density at radius 3 is 2.76 bits per heavy atom. The number of carbonyl (C=O) groups is 1. The summed E-state index contributed by atoms with van der Waals surface area (Å²) in [4.78, 5) is 11.2. The topological polar surface area (TPSA) is 64.3 Å². The van der Waals surface area contributed by atoms with Gasteiger partial charge in [-0.05, 0) is 18.9 Å². The van der Waals surface area contributed by atoms with E-state index < -0.39 is 0 Å². The van der Waals surface area contributed by atoms with Gasteiger partial charge < -0.3 is 15.8 Å². The first-order valence-corrected chi connectivity index (χ1v) is 5.82. The molecule has 1 aromatic carbocycles. The van der Waals surface area contributed by atoms with E-state index in [1.807, 2.05) is 18.2 Å². The van der Waals surface area contributed by atoms with E-state index in [2.05, 4.69) is 11.4 Å². The van der Waals surface area contributed by atoms with Crippen LogP contribution in [0.4, 0.5) is 0 Å². The molecule has 0 unspecified atom stereocenters. The van der Waals surface area contributed by atoms with Crippen LogP contribution in [0.2, 0.25) is 0 Å². The summed E-state index contributed by atoms with van der Waals surface area (Å²) in [6.45, 7) is 0.686. The second-order valence-electron chi connectivity index (χ2n) is 4.46. The van der Waals surface area contributed by atoms with Gasteiger partial charge in [-0.1, -0.05) is 18.2 Å². The van der Waals surface area contributed by atoms with Crippen LogP contribution in [-0.2, 0) is 10.2 Å². The zero-order valence-electron chi connectivity index (χ0n) is 10.0. The minimum atomic E-state index is -0.105. The number of ether oxygens (including phenoxy) is 1. The van der Waals surface area contributed by atoms with E-state index in [4.69, 9.17) is 10.5 Å². The summed E-state index contributed by atoms with van der Waals surface area (Å²) < 4.78 is 5.37. The van der Waals surface area contributed by atoms with Crippen LogP contribution in [0.5, 0.6) is 5.75 Å². The first-order chi connectivity index (χ1) is 8.22. The van der Waals surface area contributed by atoms with Gasteiger partial charge in [0.15, 0.2) is 0 Å². The Balaban J connectivity index is 2.12. The van der Waals surface area contributed by atoms with E-state index in [0.717, 1.165) is 18.6 Å². The van der Waals surface area contributed by atoms with Crippen LogP contribution in [0.1, 0.15) is 18.4 Å². The molecule has 92 valence electrons. The normalized spacial score (nSPS) is 16.4. The summed E-state index contributed by atoms with van der Waals surface area (Å²) in [5.41, 5.74) is 6.51. The number of nitrogens with one attached hydrogen (secondary N) is 1. The molecule has 1 aliphatic rings. The lowest BCUT2D eigenvalue weighted by Crippen LogP contribution is -2.36. The Morgan fingerprint density at radius 2 is 2.18 bits per heavy atom. The lowest BCUT2D eigenvalue weighted by atomic mass is 9.95. The zero-order chi connectivity index (χ0) is 12.3. The molecular formula is C13H18N2O2. The number of amides is 1. The summed E-state index contributed by atoms with van der Waals surface area (Å²) >= 11 is 0. The van der Waals surface area contributed by atoms with Crippen molar-refractivity contribution in [1.29, 1.82) is 0 Å². The molecule has 3 N–H and O–H groups in total. The van der Waals surface area contributed by atoms with Gasteiger partial charge in [-0.2, -0.15) is 0 Å². The quantitative estimate of drug-likeness (QED) is 0.792. The van der Waals surface area contributed by atoms with Crippen LogP contribution in [0.25, 0.3) is 0 Å². The molecule has 0 spiro atoms. The molecule has 0 aliphatic heterocycles. The SMILES string of the molecule is COc1ccccc1C1(CNC(=O)CN)CC1. The molecule has 1 amide bonds. The smallest absolute Gasteiger partial charge is 0.233 e. The lowest BCUT2D eigenvalue weighted by Gasteiger charge is -2.19. The first-order valence-electron chi connectivity index (χ1n) is 5.82. The summed E-state index contributed by atoms with van der Waals surface area (Å²) in [7, 11) is 1.67. The second-order valence-corrected chi connectivity index (χ2v) is 4.46. The van der Waals surface area contributed by atoms with Crippen molar-refractivity contribution >= 4 is 5.91 Å². The largest absolute Gasteiger partial charge is 0.496 e. The molecule has 0 bridgehead atoms. The molecule has 1 saturated carbocycles. The van der Waals surface area contributed by atoms with Crippen molar-refractivity contribution in [3.8, 4) is 5.75 Å². The van der Waals surface area contributed by atoms with E-state index in [0.29, 0.717) is 6.54 Å². The molecule has 17 heavy (non-hydrogen) atoms. The van der Waals surface area contributed by atoms with Gasteiger partial charge in [0.2, 0.25) is 5.91 Å². The summed E-state index contributed by atoms with van der Waals surface area (Å²) in [6.07, 6.45) is 2.16. The van der Waals surface area contributed by atoms with Gasteiger partial charge in [-0.15, -0.1) is 0 Å². The van der Waals surface area contributed by atoms with Gasteiger partial charge in [-0.3, -0.25) is 4.79 Å². The molecule has 1 aromatic rings. The van der Waals surface area contributed by atoms with Gasteiger partial charge in [0.25, 0.3) is 0 Å². The fraction of sp³-hybridized carbons (Fsp3) is 0.462. The van der Waals surface area contributed by atoms with Gasteiger partial charge in [0.05, 0.1) is 13.7 Å². The maximum Gasteiger partial charge on any atom is 0.233 e. The molecule has 0 saturated heterocycles. The number of rotatable bonds is 5. The van der Waals surface area contributed by atoms with E-state index in [1.54, 1.807) is 7.11 Å². The van der Waals surface area contributed by atoms with E-state index in [-0.39, 0.29) is 17.9 Å². The number of methoxy groups -OCH3 is 1. The van der Waals surface area contributed by atoms with Crippen LogP contribution < -0.4 is 15.8 Å². The van der Waals surface area contributed by atoms with Crippen LogP contribution >= 0.6 is 0 Å². The third kappa shape index (κ3) is 2.42. The summed E-state index contributed by atoms with van der Waals surface area (Å²) in [6, 6.07) is 7.99. The minimum absolute atomic E-state index is 0.0437. The molecule has 0 aromatic heterocycles. The molecule has 4 nitrogen and oxygen atoms in total.